The van der Waals surface area contributed by atoms with Gasteiger partial charge >= 0.3 is 0 Å². The molecule has 2 aliphatic rings. The van der Waals surface area contributed by atoms with Crippen molar-refractivity contribution in [1.82, 2.24) is 10.3 Å². The highest BCUT2D eigenvalue weighted by molar-refractivity contribution is 8.13. The Morgan fingerprint density at radius 2 is 1.87 bits per heavy atom. The fourth-order valence-electron chi connectivity index (χ4n) is 3.92. The molecule has 0 saturated carbocycles. The minimum Gasteiger partial charge on any atom is -0.294 e. The molecule has 0 aliphatic carbocycles. The van der Waals surface area contributed by atoms with E-state index in [0.717, 1.165) is 33.5 Å². The number of carbonyl (C=O) groups is 1. The van der Waals surface area contributed by atoms with E-state index in [4.69, 9.17) is 0 Å². The summed E-state index contributed by atoms with van der Waals surface area (Å²) in [4.78, 5) is 18.1. The number of hydrogen-bond acceptors (Lipinski definition) is 6. The van der Waals surface area contributed by atoms with Crippen molar-refractivity contribution in [1.29, 1.82) is 0 Å². The number of hydrogen-bond donors (Lipinski definition) is 1. The average Bonchev–Trinajstić information content (AvgIpc) is 3.44. The van der Waals surface area contributed by atoms with E-state index in [1.807, 2.05) is 16.3 Å². The van der Waals surface area contributed by atoms with Gasteiger partial charge in [0.1, 0.15) is 4.88 Å². The number of nitrogens with zero attached hydrogens (tertiary/aromatic N) is 3. The maximum atomic E-state index is 13.3. The van der Waals surface area contributed by atoms with E-state index in [2.05, 4.69) is 77.8 Å². The summed E-state index contributed by atoms with van der Waals surface area (Å²) in [6.45, 7) is 4.82. The summed E-state index contributed by atoms with van der Waals surface area (Å²) in [7, 11) is 0. The van der Waals surface area contributed by atoms with Crippen LogP contribution >= 0.6 is 23.1 Å². The van der Waals surface area contributed by atoms with Gasteiger partial charge in [-0.05, 0) is 47.0 Å². The summed E-state index contributed by atoms with van der Waals surface area (Å²) >= 11 is 3.20. The summed E-state index contributed by atoms with van der Waals surface area (Å²) in [5.41, 5.74) is 9.15. The number of hydrazone groups is 1. The molecule has 2 aromatic carbocycles. The van der Waals surface area contributed by atoms with Crippen molar-refractivity contribution >= 4 is 39.9 Å². The number of anilines is 1. The first kappa shape index (κ1) is 20.2. The predicted molar refractivity (Wildman–Crippen MR) is 129 cm³/mol. The lowest BCUT2D eigenvalue weighted by molar-refractivity contribution is 0.0629. The van der Waals surface area contributed by atoms with Gasteiger partial charge in [-0.1, -0.05) is 67.2 Å². The third kappa shape index (κ3) is 3.72. The molecule has 0 saturated heterocycles. The molecular weight excluding hydrogens is 424 g/mol. The highest BCUT2D eigenvalue weighted by Gasteiger charge is 2.43. The molecule has 158 valence electrons. The lowest BCUT2D eigenvalue weighted by atomic mass is 10.1. The van der Waals surface area contributed by atoms with Gasteiger partial charge in [-0.3, -0.25) is 20.0 Å². The van der Waals surface area contributed by atoms with Crippen LogP contribution in [0.15, 0.2) is 65.1 Å². The summed E-state index contributed by atoms with van der Waals surface area (Å²) in [6, 6.07) is 19.0. The highest BCUT2D eigenvalue weighted by Crippen LogP contribution is 2.39. The van der Waals surface area contributed by atoms with E-state index in [1.165, 1.54) is 28.0 Å². The second-order valence-corrected chi connectivity index (χ2v) is 9.58. The maximum Gasteiger partial charge on any atom is 0.269 e. The highest BCUT2D eigenvalue weighted by atomic mass is 32.2. The zero-order chi connectivity index (χ0) is 21.4. The van der Waals surface area contributed by atoms with Crippen LogP contribution in [-0.4, -0.2) is 22.3 Å². The van der Waals surface area contributed by atoms with Crippen LogP contribution in [0.1, 0.15) is 38.8 Å². The Morgan fingerprint density at radius 1 is 1.10 bits per heavy atom. The summed E-state index contributed by atoms with van der Waals surface area (Å²) in [5.74, 6) is 0.890. The van der Waals surface area contributed by atoms with Gasteiger partial charge < -0.3 is 0 Å². The van der Waals surface area contributed by atoms with Crippen molar-refractivity contribution in [3.8, 4) is 0 Å². The van der Waals surface area contributed by atoms with Crippen molar-refractivity contribution in [2.75, 3.05) is 4.90 Å². The summed E-state index contributed by atoms with van der Waals surface area (Å²) in [5, 5.41) is 7.51. The molecule has 2 aliphatic heterocycles. The van der Waals surface area contributed by atoms with Crippen LogP contribution in [0.5, 0.6) is 0 Å². The van der Waals surface area contributed by atoms with Crippen LogP contribution in [-0.2, 0) is 18.7 Å². The summed E-state index contributed by atoms with van der Waals surface area (Å²) < 4.78 is 0. The number of fused-ring (bicyclic) bond motifs is 3. The van der Waals surface area contributed by atoms with Gasteiger partial charge in [0, 0.05) is 12.3 Å². The Balaban J connectivity index is 1.40. The molecule has 3 aromatic rings. The van der Waals surface area contributed by atoms with Gasteiger partial charge in [-0.2, -0.15) is 5.10 Å². The van der Waals surface area contributed by atoms with E-state index in [0.29, 0.717) is 6.54 Å². The number of thiophene rings is 1. The Hall–Kier alpha value is -2.77. The molecule has 1 atom stereocenters. The molecule has 0 spiro atoms. The van der Waals surface area contributed by atoms with E-state index in [1.54, 1.807) is 11.8 Å². The van der Waals surface area contributed by atoms with Gasteiger partial charge in [0.15, 0.2) is 5.17 Å². The van der Waals surface area contributed by atoms with Crippen molar-refractivity contribution < 1.29 is 4.79 Å². The first-order valence-corrected chi connectivity index (χ1v) is 12.3. The molecule has 0 radical (unpaired) electrons. The molecule has 1 aromatic heterocycles. The molecule has 0 fully saturated rings. The van der Waals surface area contributed by atoms with Gasteiger partial charge in [-0.15, -0.1) is 11.3 Å². The Bertz CT molecular complexity index is 1140. The zero-order valence-electron chi connectivity index (χ0n) is 17.5. The number of aryl methyl sites for hydroxylation is 2. The molecular formula is C24H24N4OS2. The Kier molecular flexibility index (Phi) is 5.46. The maximum absolute atomic E-state index is 13.3. The van der Waals surface area contributed by atoms with Crippen LogP contribution in [0, 0.1) is 6.92 Å². The number of benzene rings is 2. The lowest BCUT2D eigenvalue weighted by Crippen LogP contribution is -2.57. The standard InChI is InChI=1S/C24H24N4OS2/c1-3-17-8-10-18(11-9-17)14-27-22(29)21-20(12-13-30-21)28-23(27)25-26-24(28)31-15-19-7-5-4-6-16(19)2/h4-13,23,25H,3,14-15H2,1-2H3. The Labute approximate surface area is 190 Å². The van der Waals surface area contributed by atoms with E-state index >= 15 is 0 Å². The number of amidine groups is 1. The predicted octanol–water partition coefficient (Wildman–Crippen LogP) is 5.17. The van der Waals surface area contributed by atoms with Gasteiger partial charge in [-0.25, -0.2) is 0 Å². The second kappa shape index (κ2) is 8.40. The zero-order valence-corrected chi connectivity index (χ0v) is 19.2. The van der Waals surface area contributed by atoms with Crippen molar-refractivity contribution in [2.45, 2.75) is 38.9 Å². The SMILES string of the molecule is CCc1ccc(CN2C(=O)c3sccc3N3C(SCc4ccccc4C)=NNC23)cc1. The number of nitrogens with one attached hydrogen (secondary N) is 1. The number of thioether (sulfide) groups is 1. The van der Waals surface area contributed by atoms with Gasteiger partial charge in [0.2, 0.25) is 6.29 Å². The third-order valence-corrected chi connectivity index (χ3v) is 7.68. The van der Waals surface area contributed by atoms with Crippen molar-refractivity contribution in [3.05, 3.63) is 87.1 Å². The number of amides is 1. The molecule has 1 unspecified atom stereocenters. The van der Waals surface area contributed by atoms with E-state index in [9.17, 15) is 4.79 Å². The minimum atomic E-state index is -0.306. The smallest absolute Gasteiger partial charge is 0.269 e. The van der Waals surface area contributed by atoms with Crippen LogP contribution in [0.25, 0.3) is 0 Å². The molecule has 5 rings (SSSR count). The molecule has 0 bridgehead atoms. The van der Waals surface area contributed by atoms with Gasteiger partial charge in [0.25, 0.3) is 5.91 Å². The van der Waals surface area contributed by atoms with Crippen molar-refractivity contribution in [3.63, 3.8) is 0 Å². The van der Waals surface area contributed by atoms with E-state index < -0.39 is 0 Å². The number of carbonyl (C=O) groups excluding carboxylic acids is 1. The molecule has 31 heavy (non-hydrogen) atoms. The van der Waals surface area contributed by atoms with Crippen LogP contribution < -0.4 is 10.3 Å². The fraction of sp³-hybridized carbons (Fsp3) is 0.250. The van der Waals surface area contributed by atoms with Crippen molar-refractivity contribution in [2.24, 2.45) is 5.10 Å². The summed E-state index contributed by atoms with van der Waals surface area (Å²) in [6.07, 6.45) is 0.703. The first-order valence-electron chi connectivity index (χ1n) is 10.4. The van der Waals surface area contributed by atoms with Gasteiger partial charge in [0.05, 0.1) is 5.69 Å². The van der Waals surface area contributed by atoms with Crippen LogP contribution in [0.4, 0.5) is 5.69 Å². The topological polar surface area (TPSA) is 47.9 Å². The van der Waals surface area contributed by atoms with Crippen LogP contribution in [0.3, 0.4) is 0 Å². The normalized spacial score (nSPS) is 17.3. The average molecular weight is 449 g/mol. The molecule has 1 N–H and O–H groups in total. The monoisotopic (exact) mass is 448 g/mol. The third-order valence-electron chi connectivity index (χ3n) is 5.78. The quantitative estimate of drug-likeness (QED) is 0.585. The second-order valence-electron chi connectivity index (χ2n) is 7.72. The molecule has 5 nitrogen and oxygen atoms in total. The fourth-order valence-corrected chi connectivity index (χ4v) is 5.82. The molecule has 1 amide bonds. The first-order chi connectivity index (χ1) is 15.2. The van der Waals surface area contributed by atoms with Crippen LogP contribution in [0.2, 0.25) is 0 Å². The van der Waals surface area contributed by atoms with E-state index in [-0.39, 0.29) is 12.2 Å². The Morgan fingerprint density at radius 3 is 2.65 bits per heavy atom. The molecule has 3 heterocycles. The molecule has 7 heteroatoms. The minimum absolute atomic E-state index is 0.0543. The number of rotatable bonds is 5. The lowest BCUT2D eigenvalue weighted by Gasteiger charge is -2.39. The largest absolute Gasteiger partial charge is 0.294 e.